The average Bonchev–Trinajstić information content (AvgIpc) is 1.89. The first kappa shape index (κ1) is 6.67. The molecule has 0 bridgehead atoms. The number of rotatable bonds is 1. The van der Waals surface area contributed by atoms with Gasteiger partial charge in [0.15, 0.2) is 0 Å². The van der Waals surface area contributed by atoms with Gasteiger partial charge in [-0.05, 0) is 28.7 Å². The molecule has 0 saturated heterocycles. The fourth-order valence-electron chi connectivity index (χ4n) is 0.503. The molecule has 1 heterocycles. The molecule has 3 heteroatoms. The maximum atomic E-state index is 6.93. The largest absolute Gasteiger partial charge is 0.308 e. The van der Waals surface area contributed by atoms with Gasteiger partial charge in [-0.2, -0.15) is 0 Å². The highest BCUT2D eigenvalue weighted by Crippen LogP contribution is 2.05. The minimum atomic E-state index is 0.922. The number of pyridine rings is 1. The SMILES string of the molecule is N=Cc1ccncc1I. The Bertz CT molecular complexity index is 222. The number of hydrogen-bond donors (Lipinski definition) is 1. The molecule has 0 aliphatic heterocycles. The molecule has 0 amide bonds. The molecule has 0 spiro atoms. The number of aromatic nitrogens is 1. The van der Waals surface area contributed by atoms with E-state index >= 15 is 0 Å². The first-order valence-electron chi connectivity index (χ1n) is 2.44. The molecule has 1 rings (SSSR count). The van der Waals surface area contributed by atoms with Crippen LogP contribution in [0.2, 0.25) is 0 Å². The van der Waals surface area contributed by atoms with Crippen LogP contribution in [0.15, 0.2) is 18.5 Å². The van der Waals surface area contributed by atoms with Gasteiger partial charge in [0.25, 0.3) is 0 Å². The van der Waals surface area contributed by atoms with Crippen LogP contribution in [-0.2, 0) is 0 Å². The third kappa shape index (κ3) is 1.48. The second-order valence-electron chi connectivity index (χ2n) is 1.54. The molecule has 0 radical (unpaired) electrons. The van der Waals surface area contributed by atoms with E-state index in [0.717, 1.165) is 9.13 Å². The van der Waals surface area contributed by atoms with Crippen LogP contribution in [0.25, 0.3) is 0 Å². The molecule has 0 unspecified atom stereocenters. The normalized spacial score (nSPS) is 9.00. The van der Waals surface area contributed by atoms with E-state index < -0.39 is 0 Å². The van der Waals surface area contributed by atoms with Crippen LogP contribution in [0.3, 0.4) is 0 Å². The van der Waals surface area contributed by atoms with E-state index in [-0.39, 0.29) is 0 Å². The fraction of sp³-hybridized carbons (Fsp3) is 0. The van der Waals surface area contributed by atoms with Gasteiger partial charge < -0.3 is 5.41 Å². The lowest BCUT2D eigenvalue weighted by Gasteiger charge is -1.91. The van der Waals surface area contributed by atoms with E-state index in [1.165, 1.54) is 6.21 Å². The highest BCUT2D eigenvalue weighted by Gasteiger charge is 1.90. The first-order chi connectivity index (χ1) is 4.34. The maximum absolute atomic E-state index is 6.93. The Morgan fingerprint density at radius 3 is 2.89 bits per heavy atom. The van der Waals surface area contributed by atoms with E-state index in [2.05, 4.69) is 27.6 Å². The molecule has 2 nitrogen and oxygen atoms in total. The zero-order valence-corrected chi connectivity index (χ0v) is 6.79. The Morgan fingerprint density at radius 2 is 2.44 bits per heavy atom. The van der Waals surface area contributed by atoms with Crippen LogP contribution in [0.4, 0.5) is 0 Å². The van der Waals surface area contributed by atoms with Crippen LogP contribution >= 0.6 is 22.6 Å². The molecular weight excluding hydrogens is 227 g/mol. The summed E-state index contributed by atoms with van der Waals surface area (Å²) < 4.78 is 1.02. The Balaban J connectivity index is 3.15. The smallest absolute Gasteiger partial charge is 0.0408 e. The molecule has 1 aromatic heterocycles. The summed E-state index contributed by atoms with van der Waals surface area (Å²) in [5, 5.41) is 6.93. The van der Waals surface area contributed by atoms with Gasteiger partial charge in [0.05, 0.1) is 0 Å². The van der Waals surface area contributed by atoms with Gasteiger partial charge in [0.1, 0.15) is 0 Å². The summed E-state index contributed by atoms with van der Waals surface area (Å²) in [5.41, 5.74) is 0.922. The van der Waals surface area contributed by atoms with Crippen molar-refractivity contribution in [2.75, 3.05) is 0 Å². The van der Waals surface area contributed by atoms with Crippen LogP contribution in [0, 0.1) is 8.98 Å². The van der Waals surface area contributed by atoms with E-state index in [1.54, 1.807) is 12.4 Å². The molecule has 0 atom stereocenters. The minimum absolute atomic E-state index is 0.922. The summed E-state index contributed by atoms with van der Waals surface area (Å²) in [4.78, 5) is 3.88. The fourth-order valence-corrected chi connectivity index (χ4v) is 0.999. The van der Waals surface area contributed by atoms with Crippen LogP contribution in [0.5, 0.6) is 0 Å². The molecule has 0 aliphatic rings. The Hall–Kier alpha value is -0.450. The lowest BCUT2D eigenvalue weighted by atomic mass is 10.3. The summed E-state index contributed by atoms with van der Waals surface area (Å²) in [6.07, 6.45) is 4.74. The van der Waals surface area contributed by atoms with Crippen molar-refractivity contribution in [3.63, 3.8) is 0 Å². The second kappa shape index (κ2) is 2.91. The van der Waals surface area contributed by atoms with E-state index in [9.17, 15) is 0 Å². The Morgan fingerprint density at radius 1 is 1.67 bits per heavy atom. The van der Waals surface area contributed by atoms with Gasteiger partial charge in [-0.1, -0.05) is 0 Å². The van der Waals surface area contributed by atoms with Crippen molar-refractivity contribution in [2.45, 2.75) is 0 Å². The zero-order valence-electron chi connectivity index (χ0n) is 4.63. The Labute approximate surface area is 67.0 Å². The van der Waals surface area contributed by atoms with Crippen molar-refractivity contribution in [2.24, 2.45) is 0 Å². The third-order valence-corrected chi connectivity index (χ3v) is 1.86. The van der Waals surface area contributed by atoms with Gasteiger partial charge in [0.2, 0.25) is 0 Å². The Kier molecular flexibility index (Phi) is 2.16. The molecule has 0 aliphatic carbocycles. The highest BCUT2D eigenvalue weighted by molar-refractivity contribution is 14.1. The minimum Gasteiger partial charge on any atom is -0.308 e. The van der Waals surface area contributed by atoms with E-state index in [4.69, 9.17) is 5.41 Å². The molecule has 0 aromatic carbocycles. The summed E-state index contributed by atoms with van der Waals surface area (Å²) in [7, 11) is 0. The number of nitrogens with zero attached hydrogens (tertiary/aromatic N) is 1. The molecule has 9 heavy (non-hydrogen) atoms. The first-order valence-corrected chi connectivity index (χ1v) is 3.52. The van der Waals surface area contributed by atoms with Crippen LogP contribution in [-0.4, -0.2) is 11.2 Å². The molecule has 46 valence electrons. The monoisotopic (exact) mass is 232 g/mol. The number of halogens is 1. The highest BCUT2D eigenvalue weighted by atomic mass is 127. The summed E-state index contributed by atoms with van der Waals surface area (Å²) >= 11 is 2.15. The topological polar surface area (TPSA) is 36.7 Å². The molecule has 1 N–H and O–H groups in total. The predicted octanol–water partition coefficient (Wildman–Crippen LogP) is 1.68. The summed E-state index contributed by atoms with van der Waals surface area (Å²) in [6, 6.07) is 1.81. The van der Waals surface area contributed by atoms with Crippen molar-refractivity contribution in [3.05, 3.63) is 27.6 Å². The van der Waals surface area contributed by atoms with Gasteiger partial charge in [0, 0.05) is 27.7 Å². The molecular formula is C6H5IN2. The molecule has 1 aromatic rings. The van der Waals surface area contributed by atoms with Crippen molar-refractivity contribution in [1.82, 2.24) is 4.98 Å². The molecule has 0 fully saturated rings. The van der Waals surface area contributed by atoms with Gasteiger partial charge in [-0.15, -0.1) is 0 Å². The van der Waals surface area contributed by atoms with Gasteiger partial charge >= 0.3 is 0 Å². The lowest BCUT2D eigenvalue weighted by Crippen LogP contribution is -1.84. The van der Waals surface area contributed by atoms with E-state index in [0.29, 0.717) is 0 Å². The van der Waals surface area contributed by atoms with Gasteiger partial charge in [-0.25, -0.2) is 0 Å². The number of hydrogen-bond acceptors (Lipinski definition) is 2. The standard InChI is InChI=1S/C6H5IN2/c7-6-4-9-2-1-5(6)3-8/h1-4,8H. The van der Waals surface area contributed by atoms with Gasteiger partial charge in [-0.3, -0.25) is 4.98 Å². The molecule has 0 saturated carbocycles. The van der Waals surface area contributed by atoms with Crippen molar-refractivity contribution >= 4 is 28.8 Å². The quantitative estimate of drug-likeness (QED) is 0.580. The lowest BCUT2D eigenvalue weighted by molar-refractivity contribution is 1.30. The predicted molar refractivity (Wildman–Crippen MR) is 44.8 cm³/mol. The third-order valence-electron chi connectivity index (χ3n) is 0.959. The second-order valence-corrected chi connectivity index (χ2v) is 2.70. The van der Waals surface area contributed by atoms with Crippen molar-refractivity contribution in [1.29, 1.82) is 5.41 Å². The summed E-state index contributed by atoms with van der Waals surface area (Å²) in [6.45, 7) is 0. The van der Waals surface area contributed by atoms with Crippen molar-refractivity contribution < 1.29 is 0 Å². The average molecular weight is 232 g/mol. The van der Waals surface area contributed by atoms with Crippen LogP contribution in [0.1, 0.15) is 5.56 Å². The van der Waals surface area contributed by atoms with E-state index in [1.807, 2.05) is 6.07 Å². The maximum Gasteiger partial charge on any atom is 0.0408 e. The van der Waals surface area contributed by atoms with Crippen LogP contribution < -0.4 is 0 Å². The zero-order chi connectivity index (χ0) is 6.69. The van der Waals surface area contributed by atoms with Crippen molar-refractivity contribution in [3.8, 4) is 0 Å². The number of nitrogens with one attached hydrogen (secondary N) is 1. The summed E-state index contributed by atoms with van der Waals surface area (Å²) in [5.74, 6) is 0.